The molecule has 1 aromatic heterocycles. The maximum atomic E-state index is 10.6. The van der Waals surface area contributed by atoms with E-state index in [-0.39, 0.29) is 0 Å². The topological polar surface area (TPSA) is 56.7 Å². The van der Waals surface area contributed by atoms with Crippen molar-refractivity contribution in [2.24, 2.45) is 17.8 Å². The second-order valence-corrected chi connectivity index (χ2v) is 7.43. The van der Waals surface area contributed by atoms with E-state index in [0.29, 0.717) is 0 Å². The quantitative estimate of drug-likeness (QED) is 0.886. The zero-order chi connectivity index (χ0) is 18.7. The van der Waals surface area contributed by atoms with Gasteiger partial charge in [0.2, 0.25) is 0 Å². The van der Waals surface area contributed by atoms with Gasteiger partial charge in [-0.05, 0) is 49.1 Å². The molecular formula is C18H24F3N3O2. The number of aliphatic carboxylic acids is 1. The summed E-state index contributed by atoms with van der Waals surface area (Å²) < 4.78 is 31.7. The molecule has 0 radical (unpaired) electrons. The summed E-state index contributed by atoms with van der Waals surface area (Å²) in [5, 5.41) is 7.12. The van der Waals surface area contributed by atoms with Crippen molar-refractivity contribution in [2.45, 2.75) is 25.4 Å². The molecule has 4 rings (SSSR count). The van der Waals surface area contributed by atoms with Gasteiger partial charge in [0.25, 0.3) is 0 Å². The van der Waals surface area contributed by atoms with Crippen molar-refractivity contribution in [3.63, 3.8) is 0 Å². The summed E-state index contributed by atoms with van der Waals surface area (Å²) in [6, 6.07) is 4.25. The van der Waals surface area contributed by atoms with Crippen molar-refractivity contribution in [3.05, 3.63) is 24.5 Å². The Hall–Kier alpha value is -1.83. The third kappa shape index (κ3) is 5.09. The van der Waals surface area contributed by atoms with Crippen molar-refractivity contribution in [1.82, 2.24) is 9.88 Å². The molecule has 0 spiro atoms. The number of halogens is 3. The van der Waals surface area contributed by atoms with Crippen LogP contribution in [0.2, 0.25) is 0 Å². The van der Waals surface area contributed by atoms with Crippen LogP contribution in [0.15, 0.2) is 24.5 Å². The van der Waals surface area contributed by atoms with Gasteiger partial charge in [0.1, 0.15) is 0 Å². The van der Waals surface area contributed by atoms with Gasteiger partial charge in [0.15, 0.2) is 0 Å². The van der Waals surface area contributed by atoms with Gasteiger partial charge < -0.3 is 14.9 Å². The van der Waals surface area contributed by atoms with E-state index in [1.54, 1.807) is 0 Å². The van der Waals surface area contributed by atoms with Crippen LogP contribution in [0.5, 0.6) is 0 Å². The predicted octanol–water partition coefficient (Wildman–Crippen LogP) is 2.88. The number of hydrogen-bond donors (Lipinski definition) is 1. The predicted molar refractivity (Wildman–Crippen MR) is 90.9 cm³/mol. The van der Waals surface area contributed by atoms with Gasteiger partial charge in [0, 0.05) is 38.9 Å². The van der Waals surface area contributed by atoms with Gasteiger partial charge in [-0.3, -0.25) is 4.98 Å². The van der Waals surface area contributed by atoms with Gasteiger partial charge in [-0.25, -0.2) is 4.79 Å². The van der Waals surface area contributed by atoms with Crippen molar-refractivity contribution in [1.29, 1.82) is 0 Å². The summed E-state index contributed by atoms with van der Waals surface area (Å²) in [5.74, 6) is 0.112. The van der Waals surface area contributed by atoms with Crippen LogP contribution < -0.4 is 4.90 Å². The highest BCUT2D eigenvalue weighted by atomic mass is 19.4. The number of hydrogen-bond acceptors (Lipinski definition) is 4. The molecule has 0 unspecified atom stereocenters. The van der Waals surface area contributed by atoms with Crippen molar-refractivity contribution in [2.75, 3.05) is 37.6 Å². The summed E-state index contributed by atoms with van der Waals surface area (Å²) in [6.07, 6.45) is 3.11. The molecule has 8 heteroatoms. The number of piperidine rings is 1. The standard InChI is InChI=1S/C16H23N3.C2HF3O2/c1-2-16(8-17-6-1)19-7-5-14-10-18(9-13-3-4-13)11-15(14)12-19;3-2(4,5)1(6)7/h1-2,6,8,13-15H,3-5,7,9-12H2;(H,6,7)/t14-,15-;/m1./s1. The summed E-state index contributed by atoms with van der Waals surface area (Å²) in [5.41, 5.74) is 1.31. The highest BCUT2D eigenvalue weighted by Crippen LogP contribution is 2.36. The Morgan fingerprint density at radius 1 is 1.19 bits per heavy atom. The SMILES string of the molecule is O=C(O)C(F)(F)F.c1cncc(N2CC[C@@H]3CN(CC4CC4)C[C@@H]3C2)c1. The van der Waals surface area contributed by atoms with E-state index in [9.17, 15) is 13.2 Å². The van der Waals surface area contributed by atoms with Crippen LogP contribution in [0.25, 0.3) is 0 Å². The van der Waals surface area contributed by atoms with Crippen LogP contribution in [0.4, 0.5) is 18.9 Å². The molecule has 1 N–H and O–H groups in total. The minimum atomic E-state index is -5.08. The van der Waals surface area contributed by atoms with E-state index >= 15 is 0 Å². The van der Waals surface area contributed by atoms with Crippen LogP contribution in [-0.2, 0) is 4.79 Å². The molecule has 1 aromatic rings. The van der Waals surface area contributed by atoms with Gasteiger partial charge in [-0.2, -0.15) is 13.2 Å². The number of anilines is 1. The van der Waals surface area contributed by atoms with Crippen molar-refractivity contribution < 1.29 is 23.1 Å². The average molecular weight is 371 g/mol. The van der Waals surface area contributed by atoms with Crippen molar-refractivity contribution in [3.8, 4) is 0 Å². The Kier molecular flexibility index (Phi) is 5.70. The molecule has 1 aliphatic carbocycles. The number of carboxylic acid groups (broad SMARTS) is 1. The average Bonchev–Trinajstić information content (AvgIpc) is 3.31. The number of alkyl halides is 3. The lowest BCUT2D eigenvalue weighted by molar-refractivity contribution is -0.192. The molecule has 1 saturated carbocycles. The van der Waals surface area contributed by atoms with E-state index < -0.39 is 12.1 Å². The van der Waals surface area contributed by atoms with Crippen LogP contribution >= 0.6 is 0 Å². The number of aromatic nitrogens is 1. The molecule has 26 heavy (non-hydrogen) atoms. The fraction of sp³-hybridized carbons (Fsp3) is 0.667. The molecule has 5 nitrogen and oxygen atoms in total. The fourth-order valence-electron chi connectivity index (χ4n) is 3.86. The van der Waals surface area contributed by atoms with Gasteiger partial charge >= 0.3 is 12.1 Å². The zero-order valence-electron chi connectivity index (χ0n) is 14.5. The fourth-order valence-corrected chi connectivity index (χ4v) is 3.86. The third-order valence-electron chi connectivity index (χ3n) is 5.34. The molecule has 2 saturated heterocycles. The van der Waals surface area contributed by atoms with E-state index in [2.05, 4.69) is 26.9 Å². The second-order valence-electron chi connectivity index (χ2n) is 7.43. The third-order valence-corrected chi connectivity index (χ3v) is 5.34. The molecule has 144 valence electrons. The number of nitrogens with zero attached hydrogens (tertiary/aromatic N) is 3. The first-order valence-corrected chi connectivity index (χ1v) is 9.00. The maximum Gasteiger partial charge on any atom is 0.490 e. The zero-order valence-corrected chi connectivity index (χ0v) is 14.5. The van der Waals surface area contributed by atoms with E-state index in [0.717, 1.165) is 17.8 Å². The number of likely N-dealkylation sites (tertiary alicyclic amines) is 1. The normalized spacial score (nSPS) is 26.0. The van der Waals surface area contributed by atoms with Crippen LogP contribution in [0.1, 0.15) is 19.3 Å². The van der Waals surface area contributed by atoms with Crippen LogP contribution in [0, 0.1) is 17.8 Å². The number of carbonyl (C=O) groups is 1. The second kappa shape index (κ2) is 7.82. The van der Waals surface area contributed by atoms with Gasteiger partial charge in [0.05, 0.1) is 11.9 Å². The van der Waals surface area contributed by atoms with Crippen LogP contribution in [0.3, 0.4) is 0 Å². The lowest BCUT2D eigenvalue weighted by Crippen LogP contribution is -2.40. The monoisotopic (exact) mass is 371 g/mol. The largest absolute Gasteiger partial charge is 0.490 e. The number of pyridine rings is 1. The highest BCUT2D eigenvalue weighted by molar-refractivity contribution is 5.73. The first-order valence-electron chi connectivity index (χ1n) is 9.00. The molecule has 3 aliphatic rings. The Balaban J connectivity index is 0.000000242. The van der Waals surface area contributed by atoms with E-state index in [4.69, 9.17) is 9.90 Å². The summed E-state index contributed by atoms with van der Waals surface area (Å²) in [7, 11) is 0. The molecule has 2 atom stereocenters. The Morgan fingerprint density at radius 3 is 2.46 bits per heavy atom. The van der Waals surface area contributed by atoms with E-state index in [1.165, 1.54) is 57.7 Å². The van der Waals surface area contributed by atoms with Gasteiger partial charge in [-0.15, -0.1) is 0 Å². The Morgan fingerprint density at radius 2 is 1.88 bits per heavy atom. The molecular weight excluding hydrogens is 347 g/mol. The summed E-state index contributed by atoms with van der Waals surface area (Å²) in [6.45, 7) is 6.52. The van der Waals surface area contributed by atoms with Gasteiger partial charge in [-0.1, -0.05) is 0 Å². The Labute approximate surface area is 150 Å². The molecule has 3 heterocycles. The molecule has 2 aliphatic heterocycles. The lowest BCUT2D eigenvalue weighted by atomic mass is 9.88. The molecule has 0 aromatic carbocycles. The highest BCUT2D eigenvalue weighted by Gasteiger charge is 2.39. The van der Waals surface area contributed by atoms with Crippen LogP contribution in [-0.4, -0.2) is 59.9 Å². The smallest absolute Gasteiger partial charge is 0.475 e. The lowest BCUT2D eigenvalue weighted by Gasteiger charge is -2.35. The summed E-state index contributed by atoms with van der Waals surface area (Å²) in [4.78, 5) is 18.4. The van der Waals surface area contributed by atoms with Crippen molar-refractivity contribution >= 4 is 11.7 Å². The first-order chi connectivity index (χ1) is 12.3. The molecule has 0 bridgehead atoms. The number of fused-ring (bicyclic) bond motifs is 1. The molecule has 3 fully saturated rings. The molecule has 0 amide bonds. The minimum absolute atomic E-state index is 0.882. The first kappa shape index (κ1) is 18.9. The Bertz CT molecular complexity index is 607. The number of rotatable bonds is 3. The number of carboxylic acids is 1. The minimum Gasteiger partial charge on any atom is -0.475 e. The maximum absolute atomic E-state index is 10.6. The summed E-state index contributed by atoms with van der Waals surface area (Å²) >= 11 is 0. The van der Waals surface area contributed by atoms with E-state index in [1.807, 2.05) is 12.4 Å².